The number of allylic oxidation sites excluding steroid dienone is 2. The van der Waals surface area contributed by atoms with Crippen molar-refractivity contribution in [3.8, 4) is 24.0 Å². The molecular weight excluding hydrogens is 290 g/mol. The highest BCUT2D eigenvalue weighted by Gasteiger charge is 2.23. The van der Waals surface area contributed by atoms with Crippen molar-refractivity contribution in [1.82, 2.24) is 0 Å². The molecule has 1 aromatic carbocycles. The fourth-order valence-corrected chi connectivity index (χ4v) is 1.83. The standard InChI is InChI=1S/C15H10F2N4O/c16-12-4-10(21-14(8-20)9(6-18)7-19)5-13(17)15(12)22-11-2-1-3-11/h4-5,11,21H,1-3H2. The van der Waals surface area contributed by atoms with Crippen LogP contribution in [0.4, 0.5) is 14.5 Å². The van der Waals surface area contributed by atoms with Gasteiger partial charge in [0.05, 0.1) is 6.10 Å². The Hall–Kier alpha value is -3.11. The zero-order chi connectivity index (χ0) is 16.1. The second kappa shape index (κ2) is 6.56. The molecule has 0 radical (unpaired) electrons. The molecule has 2 rings (SSSR count). The van der Waals surface area contributed by atoms with Crippen LogP contribution in [-0.2, 0) is 0 Å². The van der Waals surface area contributed by atoms with Gasteiger partial charge >= 0.3 is 0 Å². The number of hydrogen-bond acceptors (Lipinski definition) is 5. The molecule has 1 N–H and O–H groups in total. The van der Waals surface area contributed by atoms with Gasteiger partial charge in [-0.05, 0) is 19.3 Å². The molecule has 110 valence electrons. The van der Waals surface area contributed by atoms with E-state index in [1.807, 2.05) is 0 Å². The smallest absolute Gasteiger partial charge is 0.191 e. The lowest BCUT2D eigenvalue weighted by molar-refractivity contribution is 0.109. The van der Waals surface area contributed by atoms with E-state index in [2.05, 4.69) is 5.32 Å². The quantitative estimate of drug-likeness (QED) is 0.862. The summed E-state index contributed by atoms with van der Waals surface area (Å²) in [5.41, 5.74) is -0.940. The minimum absolute atomic E-state index is 0.0875. The monoisotopic (exact) mass is 300 g/mol. The molecule has 5 nitrogen and oxygen atoms in total. The summed E-state index contributed by atoms with van der Waals surface area (Å²) in [6.07, 6.45) is 2.30. The zero-order valence-corrected chi connectivity index (χ0v) is 11.4. The van der Waals surface area contributed by atoms with Crippen LogP contribution in [0.2, 0.25) is 0 Å². The van der Waals surface area contributed by atoms with Crippen molar-refractivity contribution in [2.75, 3.05) is 5.32 Å². The molecule has 0 amide bonds. The normalized spacial score (nSPS) is 13.0. The second-order valence-electron chi connectivity index (χ2n) is 4.65. The van der Waals surface area contributed by atoms with Gasteiger partial charge < -0.3 is 10.1 Å². The van der Waals surface area contributed by atoms with Gasteiger partial charge in [0.15, 0.2) is 23.0 Å². The average Bonchev–Trinajstić information content (AvgIpc) is 2.44. The topological polar surface area (TPSA) is 92.6 Å². The molecule has 0 aromatic heterocycles. The predicted molar refractivity (Wildman–Crippen MR) is 72.1 cm³/mol. The number of hydrogen-bond donors (Lipinski definition) is 1. The van der Waals surface area contributed by atoms with Crippen molar-refractivity contribution < 1.29 is 13.5 Å². The maximum atomic E-state index is 13.9. The van der Waals surface area contributed by atoms with E-state index in [0.717, 1.165) is 31.4 Å². The SMILES string of the molecule is N#CC(C#N)=C(C#N)Nc1cc(F)c(OC2CCC2)c(F)c1. The Morgan fingerprint density at radius 3 is 2.09 bits per heavy atom. The maximum Gasteiger partial charge on any atom is 0.191 e. The Labute approximate surface area is 125 Å². The third kappa shape index (κ3) is 3.13. The van der Waals surface area contributed by atoms with E-state index >= 15 is 0 Å². The molecule has 0 aliphatic heterocycles. The van der Waals surface area contributed by atoms with Crippen LogP contribution in [0.1, 0.15) is 19.3 Å². The number of nitrogens with one attached hydrogen (secondary N) is 1. The molecule has 0 heterocycles. The van der Waals surface area contributed by atoms with Gasteiger partial charge in [0.2, 0.25) is 0 Å². The van der Waals surface area contributed by atoms with Gasteiger partial charge in [0, 0.05) is 17.8 Å². The Kier molecular flexibility index (Phi) is 4.56. The molecule has 7 heteroatoms. The van der Waals surface area contributed by atoms with Crippen LogP contribution in [0.15, 0.2) is 23.4 Å². The fraction of sp³-hybridized carbons (Fsp3) is 0.267. The first-order chi connectivity index (χ1) is 10.6. The molecule has 1 fully saturated rings. The number of benzene rings is 1. The zero-order valence-electron chi connectivity index (χ0n) is 11.4. The molecular formula is C15H10F2N4O. The molecule has 1 aliphatic rings. The number of halogens is 2. The van der Waals surface area contributed by atoms with Crippen molar-refractivity contribution in [2.45, 2.75) is 25.4 Å². The van der Waals surface area contributed by atoms with Gasteiger partial charge in [0.25, 0.3) is 0 Å². The minimum atomic E-state index is -0.915. The van der Waals surface area contributed by atoms with Gasteiger partial charge in [0.1, 0.15) is 23.9 Å². The molecule has 1 saturated carbocycles. The summed E-state index contributed by atoms with van der Waals surface area (Å²) in [4.78, 5) is 0. The lowest BCUT2D eigenvalue weighted by Gasteiger charge is -2.26. The summed E-state index contributed by atoms with van der Waals surface area (Å²) in [5.74, 6) is -2.29. The number of nitriles is 3. The van der Waals surface area contributed by atoms with Gasteiger partial charge in [-0.2, -0.15) is 15.8 Å². The van der Waals surface area contributed by atoms with E-state index in [1.54, 1.807) is 6.07 Å². The summed E-state index contributed by atoms with van der Waals surface area (Å²) in [6, 6.07) is 6.55. The van der Waals surface area contributed by atoms with Crippen molar-refractivity contribution in [2.24, 2.45) is 0 Å². The van der Waals surface area contributed by atoms with Gasteiger partial charge in [-0.1, -0.05) is 0 Å². The van der Waals surface area contributed by atoms with E-state index in [4.69, 9.17) is 20.5 Å². The molecule has 1 aromatic rings. The highest BCUT2D eigenvalue weighted by Crippen LogP contribution is 2.31. The van der Waals surface area contributed by atoms with Crippen molar-refractivity contribution in [3.63, 3.8) is 0 Å². The van der Waals surface area contributed by atoms with Crippen molar-refractivity contribution in [1.29, 1.82) is 15.8 Å². The third-order valence-electron chi connectivity index (χ3n) is 3.19. The first kappa shape index (κ1) is 15.3. The fourth-order valence-electron chi connectivity index (χ4n) is 1.83. The van der Waals surface area contributed by atoms with E-state index in [1.165, 1.54) is 12.1 Å². The van der Waals surface area contributed by atoms with Crippen LogP contribution in [0, 0.1) is 45.6 Å². The summed E-state index contributed by atoms with van der Waals surface area (Å²) in [7, 11) is 0. The van der Waals surface area contributed by atoms with Gasteiger partial charge in [-0.25, -0.2) is 8.78 Å². The van der Waals surface area contributed by atoms with Crippen LogP contribution in [0.25, 0.3) is 0 Å². The minimum Gasteiger partial charge on any atom is -0.484 e. The van der Waals surface area contributed by atoms with E-state index < -0.39 is 23.0 Å². The van der Waals surface area contributed by atoms with E-state index in [0.29, 0.717) is 0 Å². The third-order valence-corrected chi connectivity index (χ3v) is 3.19. The number of ether oxygens (including phenoxy) is 1. The maximum absolute atomic E-state index is 13.9. The second-order valence-corrected chi connectivity index (χ2v) is 4.65. The number of rotatable bonds is 4. The largest absolute Gasteiger partial charge is 0.484 e. The molecule has 0 bridgehead atoms. The molecule has 0 atom stereocenters. The number of nitrogens with zero attached hydrogens (tertiary/aromatic N) is 3. The predicted octanol–water partition coefficient (Wildman–Crippen LogP) is 3.13. The van der Waals surface area contributed by atoms with Gasteiger partial charge in [-0.15, -0.1) is 0 Å². The summed E-state index contributed by atoms with van der Waals surface area (Å²) in [6.45, 7) is 0. The Morgan fingerprint density at radius 1 is 1.09 bits per heavy atom. The Morgan fingerprint density at radius 2 is 1.68 bits per heavy atom. The lowest BCUT2D eigenvalue weighted by atomic mass is 9.96. The van der Waals surface area contributed by atoms with Gasteiger partial charge in [-0.3, -0.25) is 0 Å². The summed E-state index contributed by atoms with van der Waals surface area (Å²) in [5, 5.41) is 28.6. The molecule has 0 spiro atoms. The molecule has 1 aliphatic carbocycles. The van der Waals surface area contributed by atoms with E-state index in [9.17, 15) is 8.78 Å². The van der Waals surface area contributed by atoms with Crippen LogP contribution in [0.3, 0.4) is 0 Å². The summed E-state index contributed by atoms with van der Waals surface area (Å²) < 4.78 is 33.1. The highest BCUT2D eigenvalue weighted by atomic mass is 19.1. The van der Waals surface area contributed by atoms with Crippen LogP contribution in [-0.4, -0.2) is 6.10 Å². The van der Waals surface area contributed by atoms with Crippen molar-refractivity contribution >= 4 is 5.69 Å². The average molecular weight is 300 g/mol. The van der Waals surface area contributed by atoms with E-state index in [-0.39, 0.29) is 17.5 Å². The van der Waals surface area contributed by atoms with Crippen LogP contribution >= 0.6 is 0 Å². The Bertz CT molecular complexity index is 709. The van der Waals surface area contributed by atoms with Crippen LogP contribution in [0.5, 0.6) is 5.75 Å². The summed E-state index contributed by atoms with van der Waals surface area (Å²) >= 11 is 0. The molecule has 22 heavy (non-hydrogen) atoms. The number of anilines is 1. The molecule has 0 saturated heterocycles. The molecule has 0 unspecified atom stereocenters. The van der Waals surface area contributed by atoms with Crippen molar-refractivity contribution in [3.05, 3.63) is 35.0 Å². The lowest BCUT2D eigenvalue weighted by Crippen LogP contribution is -2.25. The Balaban J connectivity index is 2.27. The first-order valence-corrected chi connectivity index (χ1v) is 6.46. The van der Waals surface area contributed by atoms with Crippen LogP contribution < -0.4 is 10.1 Å². The highest BCUT2D eigenvalue weighted by molar-refractivity contribution is 5.59. The first-order valence-electron chi connectivity index (χ1n) is 6.46.